The summed E-state index contributed by atoms with van der Waals surface area (Å²) in [4.78, 5) is 56.2. The van der Waals surface area contributed by atoms with Gasteiger partial charge in [-0.15, -0.1) is 11.3 Å². The van der Waals surface area contributed by atoms with Gasteiger partial charge in [-0.25, -0.2) is 9.59 Å². The van der Waals surface area contributed by atoms with Gasteiger partial charge in [0, 0.05) is 23.7 Å². The van der Waals surface area contributed by atoms with Gasteiger partial charge in [0.25, 0.3) is 5.91 Å². The van der Waals surface area contributed by atoms with E-state index in [2.05, 4.69) is 27.4 Å². The van der Waals surface area contributed by atoms with Crippen LogP contribution in [0.4, 0.5) is 15.3 Å². The molecule has 1 saturated heterocycles. The Kier molecular flexibility index (Phi) is 5.51. The maximum Gasteiger partial charge on any atom is 0.325 e. The summed E-state index contributed by atoms with van der Waals surface area (Å²) in [7, 11) is 1.54. The fourth-order valence-electron chi connectivity index (χ4n) is 6.00. The van der Waals surface area contributed by atoms with Crippen molar-refractivity contribution in [2.24, 2.45) is 5.92 Å². The molecule has 3 N–H and O–H groups in total. The van der Waals surface area contributed by atoms with E-state index in [1.807, 2.05) is 11.0 Å². The number of amides is 6. The Balaban J connectivity index is 1.22. The molecule has 188 valence electrons. The predicted molar refractivity (Wildman–Crippen MR) is 134 cm³/mol. The van der Waals surface area contributed by atoms with E-state index in [0.717, 1.165) is 41.7 Å². The van der Waals surface area contributed by atoms with Gasteiger partial charge in [-0.3, -0.25) is 14.5 Å². The summed E-state index contributed by atoms with van der Waals surface area (Å²) in [6.45, 7) is 0.299. The lowest BCUT2D eigenvalue weighted by Crippen LogP contribution is -2.48. The van der Waals surface area contributed by atoms with Gasteiger partial charge in [0.2, 0.25) is 5.91 Å². The van der Waals surface area contributed by atoms with Gasteiger partial charge in [-0.2, -0.15) is 0 Å². The molecule has 0 bridgehead atoms. The van der Waals surface area contributed by atoms with Crippen LogP contribution in [0.5, 0.6) is 0 Å². The van der Waals surface area contributed by atoms with Crippen molar-refractivity contribution in [2.75, 3.05) is 18.9 Å². The number of thiophene rings is 1. The SMILES string of the molecule is CNC(=O)Nc1ccc2c(c1)CC[C@]21NC(=O)N(CC(=O)N2Cc3sccc3CC[C@H]2C2CC2)C1=O. The number of imide groups is 1. The molecule has 36 heavy (non-hydrogen) atoms. The first kappa shape index (κ1) is 23.0. The van der Waals surface area contributed by atoms with Crippen LogP contribution in [0.15, 0.2) is 29.6 Å². The van der Waals surface area contributed by atoms with Crippen LogP contribution in [0.1, 0.15) is 47.3 Å². The van der Waals surface area contributed by atoms with Crippen LogP contribution in [0.2, 0.25) is 0 Å². The van der Waals surface area contributed by atoms with Crippen molar-refractivity contribution in [1.29, 1.82) is 0 Å². The number of aryl methyl sites for hydroxylation is 2. The second-order valence-corrected chi connectivity index (χ2v) is 11.1. The fraction of sp³-hybridized carbons (Fsp3) is 0.462. The highest BCUT2D eigenvalue weighted by atomic mass is 32.1. The van der Waals surface area contributed by atoms with Gasteiger partial charge in [0.05, 0.1) is 6.54 Å². The van der Waals surface area contributed by atoms with Gasteiger partial charge in [0.1, 0.15) is 12.1 Å². The Morgan fingerprint density at radius 1 is 1.14 bits per heavy atom. The topological polar surface area (TPSA) is 111 Å². The van der Waals surface area contributed by atoms with Crippen LogP contribution in [0, 0.1) is 5.92 Å². The van der Waals surface area contributed by atoms with Crippen molar-refractivity contribution in [3.05, 3.63) is 51.2 Å². The molecule has 10 heteroatoms. The Labute approximate surface area is 213 Å². The lowest BCUT2D eigenvalue weighted by molar-refractivity contribution is -0.141. The third kappa shape index (κ3) is 3.75. The fourth-order valence-corrected chi connectivity index (χ4v) is 6.93. The second-order valence-electron chi connectivity index (χ2n) is 10.1. The zero-order valence-electron chi connectivity index (χ0n) is 20.1. The maximum atomic E-state index is 13.7. The number of hydrogen-bond acceptors (Lipinski definition) is 5. The molecule has 6 rings (SSSR count). The number of benzene rings is 1. The number of carbonyl (C=O) groups excluding carboxylic acids is 4. The largest absolute Gasteiger partial charge is 0.341 e. The highest BCUT2D eigenvalue weighted by Crippen LogP contribution is 2.43. The third-order valence-electron chi connectivity index (χ3n) is 8.04. The van der Waals surface area contributed by atoms with Crippen molar-refractivity contribution in [3.8, 4) is 0 Å². The predicted octanol–water partition coefficient (Wildman–Crippen LogP) is 2.95. The molecule has 2 atom stereocenters. The number of nitrogens with zero attached hydrogens (tertiary/aromatic N) is 2. The number of rotatable bonds is 4. The molecule has 2 aliphatic heterocycles. The van der Waals surface area contributed by atoms with Crippen molar-refractivity contribution in [3.63, 3.8) is 0 Å². The van der Waals surface area contributed by atoms with Gasteiger partial charge in [0.15, 0.2) is 0 Å². The Bertz CT molecular complexity index is 1270. The first-order valence-corrected chi connectivity index (χ1v) is 13.4. The van der Waals surface area contributed by atoms with Gasteiger partial charge < -0.3 is 20.9 Å². The summed E-state index contributed by atoms with van der Waals surface area (Å²) >= 11 is 1.67. The standard InChI is InChI=1S/C26H29N5O4S/c1-27-24(34)28-18-5-6-19-17(12-18)8-10-26(19)23(33)31(25(35)29-26)14-22(32)30-13-21-16(9-11-36-21)4-7-20(30)15-2-3-15/h5-6,9,11-12,15,20H,2-4,7-8,10,13-14H2,1H3,(H,29,35)(H2,27,28,34)/t20-,26-/m0/s1. The molecule has 6 amide bonds. The zero-order valence-corrected chi connectivity index (χ0v) is 21.0. The summed E-state index contributed by atoms with van der Waals surface area (Å²) < 4.78 is 0. The number of anilines is 1. The van der Waals surface area contributed by atoms with E-state index in [9.17, 15) is 19.2 Å². The van der Waals surface area contributed by atoms with Crippen LogP contribution < -0.4 is 16.0 Å². The zero-order chi connectivity index (χ0) is 25.0. The van der Waals surface area contributed by atoms with E-state index in [4.69, 9.17) is 0 Å². The molecule has 2 aromatic rings. The quantitative estimate of drug-likeness (QED) is 0.553. The third-order valence-corrected chi connectivity index (χ3v) is 8.98. The summed E-state index contributed by atoms with van der Waals surface area (Å²) in [5.41, 5.74) is 2.40. The number of nitrogens with one attached hydrogen (secondary N) is 3. The van der Waals surface area contributed by atoms with Crippen molar-refractivity contribution < 1.29 is 19.2 Å². The molecule has 2 aliphatic carbocycles. The lowest BCUT2D eigenvalue weighted by atomic mass is 9.91. The van der Waals surface area contributed by atoms with E-state index in [0.29, 0.717) is 31.0 Å². The molecule has 1 spiro atoms. The Morgan fingerprint density at radius 2 is 1.97 bits per heavy atom. The van der Waals surface area contributed by atoms with Crippen LogP contribution in [0.3, 0.4) is 0 Å². The highest BCUT2D eigenvalue weighted by Gasteiger charge is 2.56. The smallest absolute Gasteiger partial charge is 0.325 e. The van der Waals surface area contributed by atoms with E-state index in [1.54, 1.807) is 23.5 Å². The minimum atomic E-state index is -1.16. The molecule has 4 aliphatic rings. The summed E-state index contributed by atoms with van der Waals surface area (Å²) in [6.07, 6.45) is 5.15. The van der Waals surface area contributed by atoms with Gasteiger partial charge in [-0.05, 0) is 84.7 Å². The molecule has 9 nitrogen and oxygen atoms in total. The lowest BCUT2D eigenvalue weighted by Gasteiger charge is -2.31. The van der Waals surface area contributed by atoms with E-state index >= 15 is 0 Å². The first-order valence-electron chi connectivity index (χ1n) is 12.5. The summed E-state index contributed by atoms with van der Waals surface area (Å²) in [5.74, 6) is -0.0324. The average Bonchev–Trinajstić information content (AvgIpc) is 3.50. The number of hydrogen-bond donors (Lipinski definition) is 3. The first-order chi connectivity index (χ1) is 17.4. The van der Waals surface area contributed by atoms with Crippen molar-refractivity contribution >= 4 is 40.9 Å². The Hall–Kier alpha value is -3.40. The number of urea groups is 2. The molecule has 0 radical (unpaired) electrons. The van der Waals surface area contributed by atoms with E-state index in [1.165, 1.54) is 17.5 Å². The van der Waals surface area contributed by atoms with E-state index in [-0.39, 0.29) is 30.4 Å². The molecular weight excluding hydrogens is 478 g/mol. The monoisotopic (exact) mass is 507 g/mol. The molecule has 1 aromatic heterocycles. The van der Waals surface area contributed by atoms with E-state index < -0.39 is 11.6 Å². The highest BCUT2D eigenvalue weighted by molar-refractivity contribution is 7.10. The normalized spacial score (nSPS) is 24.9. The maximum absolute atomic E-state index is 13.7. The van der Waals surface area contributed by atoms with Crippen LogP contribution in [-0.4, -0.2) is 53.3 Å². The summed E-state index contributed by atoms with van der Waals surface area (Å²) in [5, 5.41) is 10.2. The number of fused-ring (bicyclic) bond motifs is 3. The Morgan fingerprint density at radius 3 is 2.75 bits per heavy atom. The molecule has 3 heterocycles. The molecule has 0 unspecified atom stereocenters. The van der Waals surface area contributed by atoms with Crippen LogP contribution >= 0.6 is 11.3 Å². The molecule has 1 aromatic carbocycles. The number of carbonyl (C=O) groups is 4. The molecule has 1 saturated carbocycles. The average molecular weight is 508 g/mol. The van der Waals surface area contributed by atoms with Crippen LogP contribution in [-0.2, 0) is 34.5 Å². The van der Waals surface area contributed by atoms with Crippen molar-refractivity contribution in [1.82, 2.24) is 20.4 Å². The molecule has 2 fully saturated rings. The van der Waals surface area contributed by atoms with Gasteiger partial charge in [-0.1, -0.05) is 6.07 Å². The van der Waals surface area contributed by atoms with Crippen LogP contribution in [0.25, 0.3) is 0 Å². The summed E-state index contributed by atoms with van der Waals surface area (Å²) in [6, 6.07) is 6.80. The van der Waals surface area contributed by atoms with Gasteiger partial charge >= 0.3 is 12.1 Å². The minimum absolute atomic E-state index is 0.158. The van der Waals surface area contributed by atoms with Crippen molar-refractivity contribution in [2.45, 2.75) is 56.7 Å². The second kappa shape index (κ2) is 8.62. The minimum Gasteiger partial charge on any atom is -0.341 e. The molecular formula is C26H29N5O4S.